The van der Waals surface area contributed by atoms with E-state index in [-0.39, 0.29) is 11.8 Å². The fraction of sp³-hybridized carbons (Fsp3) is 0.533. The molecule has 1 rings (SSSR count). The van der Waals surface area contributed by atoms with Crippen LogP contribution in [0.15, 0.2) is 30.3 Å². The van der Waals surface area contributed by atoms with Gasteiger partial charge in [0, 0.05) is 0 Å². The van der Waals surface area contributed by atoms with E-state index in [0.29, 0.717) is 0 Å². The second-order valence-corrected chi connectivity index (χ2v) is 4.57. The molecule has 0 bridgehead atoms. The molecule has 1 aromatic carbocycles. The maximum atomic E-state index is 11.4. The quantitative estimate of drug-likeness (QED) is 0.685. The van der Waals surface area contributed by atoms with E-state index in [2.05, 4.69) is 6.92 Å². The highest BCUT2D eigenvalue weighted by Gasteiger charge is 2.16. The Morgan fingerprint density at radius 2 is 1.76 bits per heavy atom. The third-order valence-electron chi connectivity index (χ3n) is 3.14. The molecule has 0 aliphatic carbocycles. The Labute approximate surface area is 104 Å². The Morgan fingerprint density at radius 1 is 1.12 bits per heavy atom. The summed E-state index contributed by atoms with van der Waals surface area (Å²) in [5.74, 6) is -0.315. The molecule has 17 heavy (non-hydrogen) atoms. The summed E-state index contributed by atoms with van der Waals surface area (Å²) in [7, 11) is 0. The number of nitrogens with two attached hydrogens (primary N) is 1. The van der Waals surface area contributed by atoms with Crippen LogP contribution in [0.1, 0.15) is 56.9 Å². The largest absolute Gasteiger partial charge is 0.369 e. The molecular weight excluding hydrogens is 210 g/mol. The minimum atomic E-state index is -0.202. The summed E-state index contributed by atoms with van der Waals surface area (Å²) >= 11 is 0. The number of amides is 1. The molecule has 94 valence electrons. The molecular formula is C15H23NO. The standard InChI is InChI=1S/C15H23NO/c1-2-3-4-5-9-12-14(15(16)17)13-10-7-6-8-11-13/h6-8,10-11,14H,2-5,9,12H2,1H3,(H2,16,17). The number of rotatable bonds is 8. The summed E-state index contributed by atoms with van der Waals surface area (Å²) in [6.45, 7) is 2.20. The number of benzene rings is 1. The Bertz CT molecular complexity index is 321. The summed E-state index contributed by atoms with van der Waals surface area (Å²) in [5, 5.41) is 0. The van der Waals surface area contributed by atoms with E-state index in [0.717, 1.165) is 18.4 Å². The molecule has 0 aromatic heterocycles. The van der Waals surface area contributed by atoms with Gasteiger partial charge in [-0.3, -0.25) is 4.79 Å². The van der Waals surface area contributed by atoms with Gasteiger partial charge in [-0.15, -0.1) is 0 Å². The van der Waals surface area contributed by atoms with Crippen molar-refractivity contribution in [1.29, 1.82) is 0 Å². The van der Waals surface area contributed by atoms with Crippen LogP contribution in [0.5, 0.6) is 0 Å². The zero-order valence-corrected chi connectivity index (χ0v) is 10.7. The van der Waals surface area contributed by atoms with E-state index in [4.69, 9.17) is 5.73 Å². The van der Waals surface area contributed by atoms with Gasteiger partial charge in [0.25, 0.3) is 0 Å². The summed E-state index contributed by atoms with van der Waals surface area (Å²) in [6, 6.07) is 9.86. The van der Waals surface area contributed by atoms with Crippen molar-refractivity contribution < 1.29 is 4.79 Å². The molecule has 1 unspecified atom stereocenters. The lowest BCUT2D eigenvalue weighted by atomic mass is 9.92. The van der Waals surface area contributed by atoms with Gasteiger partial charge in [0.05, 0.1) is 5.92 Å². The maximum absolute atomic E-state index is 11.4. The Morgan fingerprint density at radius 3 is 2.35 bits per heavy atom. The zero-order valence-electron chi connectivity index (χ0n) is 10.7. The van der Waals surface area contributed by atoms with Gasteiger partial charge in [0.1, 0.15) is 0 Å². The van der Waals surface area contributed by atoms with E-state index < -0.39 is 0 Å². The highest BCUT2D eigenvalue weighted by Crippen LogP contribution is 2.22. The summed E-state index contributed by atoms with van der Waals surface area (Å²) in [4.78, 5) is 11.4. The number of carbonyl (C=O) groups is 1. The van der Waals surface area contributed by atoms with Crippen LogP contribution in [-0.2, 0) is 4.79 Å². The van der Waals surface area contributed by atoms with Gasteiger partial charge in [-0.1, -0.05) is 69.4 Å². The van der Waals surface area contributed by atoms with Crippen molar-refractivity contribution >= 4 is 5.91 Å². The lowest BCUT2D eigenvalue weighted by molar-refractivity contribution is -0.119. The van der Waals surface area contributed by atoms with Gasteiger partial charge in [-0.2, -0.15) is 0 Å². The van der Waals surface area contributed by atoms with E-state index in [1.54, 1.807) is 0 Å². The number of carbonyl (C=O) groups excluding carboxylic acids is 1. The summed E-state index contributed by atoms with van der Waals surface area (Å²) in [6.07, 6.45) is 6.96. The van der Waals surface area contributed by atoms with Gasteiger partial charge in [-0.05, 0) is 12.0 Å². The molecule has 0 aliphatic rings. The molecule has 1 amide bonds. The van der Waals surface area contributed by atoms with Crippen LogP contribution < -0.4 is 5.73 Å². The number of unbranched alkanes of at least 4 members (excludes halogenated alkanes) is 4. The molecule has 0 saturated heterocycles. The molecule has 0 aliphatic heterocycles. The summed E-state index contributed by atoms with van der Waals surface area (Å²) < 4.78 is 0. The minimum absolute atomic E-state index is 0.113. The number of hydrogen-bond acceptors (Lipinski definition) is 1. The molecule has 2 N–H and O–H groups in total. The van der Waals surface area contributed by atoms with Crippen LogP contribution in [0.2, 0.25) is 0 Å². The number of primary amides is 1. The second-order valence-electron chi connectivity index (χ2n) is 4.57. The SMILES string of the molecule is CCCCCCCC(C(N)=O)c1ccccc1. The first-order valence-electron chi connectivity index (χ1n) is 6.60. The van der Waals surface area contributed by atoms with Crippen LogP contribution in [0.3, 0.4) is 0 Å². The third kappa shape index (κ3) is 5.03. The lowest BCUT2D eigenvalue weighted by Crippen LogP contribution is -2.21. The lowest BCUT2D eigenvalue weighted by Gasteiger charge is -2.13. The minimum Gasteiger partial charge on any atom is -0.369 e. The van der Waals surface area contributed by atoms with Crippen molar-refractivity contribution in [2.45, 2.75) is 51.4 Å². The third-order valence-corrected chi connectivity index (χ3v) is 3.14. The fourth-order valence-corrected chi connectivity index (χ4v) is 2.11. The molecule has 1 aromatic rings. The zero-order chi connectivity index (χ0) is 12.5. The fourth-order valence-electron chi connectivity index (χ4n) is 2.11. The predicted octanol–water partition coefficient (Wildman–Crippen LogP) is 3.62. The van der Waals surface area contributed by atoms with E-state index in [1.807, 2.05) is 30.3 Å². The van der Waals surface area contributed by atoms with Crippen LogP contribution in [0, 0.1) is 0 Å². The highest BCUT2D eigenvalue weighted by atomic mass is 16.1. The Hall–Kier alpha value is -1.31. The van der Waals surface area contributed by atoms with Gasteiger partial charge >= 0.3 is 0 Å². The molecule has 0 radical (unpaired) electrons. The summed E-state index contributed by atoms with van der Waals surface area (Å²) in [5.41, 5.74) is 6.52. The van der Waals surface area contributed by atoms with E-state index in [1.165, 1.54) is 25.7 Å². The first-order valence-corrected chi connectivity index (χ1v) is 6.60. The van der Waals surface area contributed by atoms with Crippen LogP contribution >= 0.6 is 0 Å². The van der Waals surface area contributed by atoms with Crippen LogP contribution in [-0.4, -0.2) is 5.91 Å². The first-order chi connectivity index (χ1) is 8.25. The topological polar surface area (TPSA) is 43.1 Å². The average molecular weight is 233 g/mol. The predicted molar refractivity (Wildman–Crippen MR) is 71.8 cm³/mol. The van der Waals surface area contributed by atoms with E-state index in [9.17, 15) is 4.79 Å². The number of hydrogen-bond donors (Lipinski definition) is 1. The Balaban J connectivity index is 2.42. The Kier molecular flexibility index (Phi) is 6.38. The maximum Gasteiger partial charge on any atom is 0.224 e. The molecule has 0 saturated carbocycles. The average Bonchev–Trinajstić information content (AvgIpc) is 2.34. The molecule has 0 fully saturated rings. The van der Waals surface area contributed by atoms with Crippen molar-refractivity contribution in [3.8, 4) is 0 Å². The van der Waals surface area contributed by atoms with Gasteiger partial charge in [0.2, 0.25) is 5.91 Å². The van der Waals surface area contributed by atoms with Crippen molar-refractivity contribution in [2.75, 3.05) is 0 Å². The van der Waals surface area contributed by atoms with Crippen LogP contribution in [0.25, 0.3) is 0 Å². The van der Waals surface area contributed by atoms with Crippen molar-refractivity contribution in [1.82, 2.24) is 0 Å². The van der Waals surface area contributed by atoms with Crippen molar-refractivity contribution in [3.05, 3.63) is 35.9 Å². The first kappa shape index (κ1) is 13.8. The van der Waals surface area contributed by atoms with E-state index >= 15 is 0 Å². The second kappa shape index (κ2) is 7.88. The van der Waals surface area contributed by atoms with Gasteiger partial charge < -0.3 is 5.73 Å². The molecule has 0 spiro atoms. The molecule has 2 nitrogen and oxygen atoms in total. The smallest absolute Gasteiger partial charge is 0.224 e. The molecule has 2 heteroatoms. The van der Waals surface area contributed by atoms with Gasteiger partial charge in [-0.25, -0.2) is 0 Å². The molecule has 1 atom stereocenters. The van der Waals surface area contributed by atoms with Crippen LogP contribution in [0.4, 0.5) is 0 Å². The highest BCUT2D eigenvalue weighted by molar-refractivity contribution is 5.81. The normalized spacial score (nSPS) is 12.3. The monoisotopic (exact) mass is 233 g/mol. The van der Waals surface area contributed by atoms with Gasteiger partial charge in [0.15, 0.2) is 0 Å². The van der Waals surface area contributed by atoms with Crippen molar-refractivity contribution in [2.24, 2.45) is 5.73 Å². The molecule has 0 heterocycles. The van der Waals surface area contributed by atoms with Crippen molar-refractivity contribution in [3.63, 3.8) is 0 Å².